The van der Waals surface area contributed by atoms with Crippen LogP contribution in [0.25, 0.3) is 0 Å². The van der Waals surface area contributed by atoms with Crippen molar-refractivity contribution >= 4 is 0 Å². The maximum absolute atomic E-state index is 6.03. The fraction of sp³-hybridized carbons (Fsp3) is 0.500. The summed E-state index contributed by atoms with van der Waals surface area (Å²) in [6, 6.07) is 9.01. The topological polar surface area (TPSA) is 26.0 Å². The molecule has 0 amide bonds. The van der Waals surface area contributed by atoms with E-state index in [9.17, 15) is 0 Å². The van der Waals surface area contributed by atoms with Crippen molar-refractivity contribution in [3.63, 3.8) is 0 Å². The Morgan fingerprint density at radius 3 is 2.77 bits per heavy atom. The van der Waals surface area contributed by atoms with Crippen molar-refractivity contribution in [3.05, 3.63) is 35.4 Å². The Bertz CT molecular complexity index is 315. The molecule has 0 heterocycles. The fourth-order valence-corrected chi connectivity index (χ4v) is 2.48. The summed E-state index contributed by atoms with van der Waals surface area (Å²) in [5.74, 6) is 0. The molecule has 0 bridgehead atoms. The van der Waals surface area contributed by atoms with Gasteiger partial charge in [-0.05, 0) is 29.4 Å². The molecule has 1 atom stereocenters. The molecule has 1 aliphatic carbocycles. The molecule has 0 aliphatic heterocycles. The molecule has 0 spiro atoms. The zero-order valence-corrected chi connectivity index (χ0v) is 8.38. The fourth-order valence-electron chi connectivity index (χ4n) is 2.48. The average Bonchev–Trinajstić information content (AvgIpc) is 2.02. The van der Waals surface area contributed by atoms with Crippen molar-refractivity contribution in [2.24, 2.45) is 5.73 Å². The minimum atomic E-state index is 0.258. The van der Waals surface area contributed by atoms with E-state index >= 15 is 0 Å². The second-order valence-corrected chi connectivity index (χ2v) is 4.71. The van der Waals surface area contributed by atoms with Gasteiger partial charge in [-0.2, -0.15) is 0 Å². The normalized spacial score (nSPS) is 25.3. The van der Waals surface area contributed by atoms with Gasteiger partial charge in [0.25, 0.3) is 0 Å². The van der Waals surface area contributed by atoms with E-state index in [-0.39, 0.29) is 5.41 Å². The van der Waals surface area contributed by atoms with Crippen molar-refractivity contribution in [3.8, 4) is 0 Å². The first-order chi connectivity index (χ1) is 6.09. The van der Waals surface area contributed by atoms with Crippen molar-refractivity contribution in [2.45, 2.75) is 38.1 Å². The Labute approximate surface area is 80.0 Å². The van der Waals surface area contributed by atoms with E-state index in [0.717, 1.165) is 12.8 Å². The molecule has 13 heavy (non-hydrogen) atoms. The Morgan fingerprint density at radius 1 is 1.31 bits per heavy atom. The monoisotopic (exact) mass is 175 g/mol. The van der Waals surface area contributed by atoms with Crippen LogP contribution in [0.1, 0.15) is 31.4 Å². The van der Waals surface area contributed by atoms with Crippen LogP contribution in [0.15, 0.2) is 24.3 Å². The van der Waals surface area contributed by atoms with Gasteiger partial charge in [0.2, 0.25) is 0 Å². The summed E-state index contributed by atoms with van der Waals surface area (Å²) < 4.78 is 0. The van der Waals surface area contributed by atoms with Crippen LogP contribution in [0.4, 0.5) is 0 Å². The highest BCUT2D eigenvalue weighted by Gasteiger charge is 2.30. The third-order valence-electron chi connectivity index (χ3n) is 3.00. The third-order valence-corrected chi connectivity index (χ3v) is 3.00. The lowest BCUT2D eigenvalue weighted by Crippen LogP contribution is -2.37. The van der Waals surface area contributed by atoms with Gasteiger partial charge in [0.15, 0.2) is 0 Å². The summed E-state index contributed by atoms with van der Waals surface area (Å²) in [5, 5.41) is 0. The van der Waals surface area contributed by atoms with Crippen molar-refractivity contribution < 1.29 is 0 Å². The van der Waals surface area contributed by atoms with Crippen LogP contribution in [0.5, 0.6) is 0 Å². The Kier molecular flexibility index (Phi) is 1.92. The van der Waals surface area contributed by atoms with Gasteiger partial charge in [0.1, 0.15) is 0 Å². The second-order valence-electron chi connectivity index (χ2n) is 4.71. The summed E-state index contributed by atoms with van der Waals surface area (Å²) in [7, 11) is 0. The maximum atomic E-state index is 6.03. The van der Waals surface area contributed by atoms with Gasteiger partial charge in [-0.25, -0.2) is 0 Å². The van der Waals surface area contributed by atoms with Crippen LogP contribution in [0.2, 0.25) is 0 Å². The quantitative estimate of drug-likeness (QED) is 0.643. The molecule has 1 aromatic carbocycles. The minimum absolute atomic E-state index is 0.258. The second kappa shape index (κ2) is 2.85. The molecule has 0 fully saturated rings. The minimum Gasteiger partial charge on any atom is -0.327 e. The van der Waals surface area contributed by atoms with E-state index in [1.807, 2.05) is 0 Å². The molecule has 0 aromatic heterocycles. The summed E-state index contributed by atoms with van der Waals surface area (Å²) in [4.78, 5) is 0. The zero-order valence-electron chi connectivity index (χ0n) is 8.38. The van der Waals surface area contributed by atoms with Crippen molar-refractivity contribution in [1.82, 2.24) is 0 Å². The molecule has 1 aromatic rings. The largest absolute Gasteiger partial charge is 0.327 e. The molecular weight excluding hydrogens is 158 g/mol. The zero-order chi connectivity index (χ0) is 9.47. The number of nitrogens with two attached hydrogens (primary N) is 1. The van der Waals surface area contributed by atoms with Crippen molar-refractivity contribution in [1.29, 1.82) is 0 Å². The third kappa shape index (κ3) is 1.49. The van der Waals surface area contributed by atoms with E-state index in [1.165, 1.54) is 11.1 Å². The summed E-state index contributed by atoms with van der Waals surface area (Å²) in [6.07, 6.45) is 2.14. The van der Waals surface area contributed by atoms with Crippen LogP contribution >= 0.6 is 0 Å². The first-order valence-electron chi connectivity index (χ1n) is 4.93. The molecule has 1 heteroatoms. The number of hydrogen-bond acceptors (Lipinski definition) is 1. The van der Waals surface area contributed by atoms with Crippen LogP contribution in [0.3, 0.4) is 0 Å². The van der Waals surface area contributed by atoms with Gasteiger partial charge in [0.05, 0.1) is 0 Å². The Hall–Kier alpha value is -0.820. The number of benzene rings is 1. The maximum Gasteiger partial charge on any atom is 0.00877 e. The molecule has 1 nitrogen and oxygen atoms in total. The van der Waals surface area contributed by atoms with Crippen LogP contribution < -0.4 is 5.73 Å². The van der Waals surface area contributed by atoms with Crippen LogP contribution in [-0.2, 0) is 11.8 Å². The molecule has 0 radical (unpaired) electrons. The van der Waals surface area contributed by atoms with E-state index in [0.29, 0.717) is 6.04 Å². The summed E-state index contributed by atoms with van der Waals surface area (Å²) >= 11 is 0. The van der Waals surface area contributed by atoms with Gasteiger partial charge in [-0.1, -0.05) is 38.1 Å². The molecule has 0 saturated carbocycles. The van der Waals surface area contributed by atoms with Gasteiger partial charge in [-0.3, -0.25) is 0 Å². The standard InChI is InChI=1S/C12H17N/c1-12(2)8-10(13)7-9-5-3-4-6-11(9)12/h3-6,10H,7-8,13H2,1-2H3. The predicted molar refractivity (Wildman–Crippen MR) is 55.8 cm³/mol. The summed E-state index contributed by atoms with van der Waals surface area (Å²) in [6.45, 7) is 4.57. The van der Waals surface area contributed by atoms with Gasteiger partial charge >= 0.3 is 0 Å². The van der Waals surface area contributed by atoms with E-state index in [1.54, 1.807) is 0 Å². The molecule has 1 unspecified atom stereocenters. The van der Waals surface area contributed by atoms with Gasteiger partial charge in [0, 0.05) is 6.04 Å². The summed E-state index contributed by atoms with van der Waals surface area (Å²) in [5.41, 5.74) is 9.20. The number of fused-ring (bicyclic) bond motifs is 1. The van der Waals surface area contributed by atoms with Crippen LogP contribution in [0, 0.1) is 0 Å². The van der Waals surface area contributed by atoms with Gasteiger partial charge < -0.3 is 5.73 Å². The Morgan fingerprint density at radius 2 is 2.00 bits per heavy atom. The van der Waals surface area contributed by atoms with Crippen molar-refractivity contribution in [2.75, 3.05) is 0 Å². The smallest absolute Gasteiger partial charge is 0.00877 e. The first kappa shape index (κ1) is 8.76. The predicted octanol–water partition coefficient (Wildman–Crippen LogP) is 2.24. The van der Waals surface area contributed by atoms with E-state index in [4.69, 9.17) is 5.73 Å². The highest BCUT2D eigenvalue weighted by Crippen LogP contribution is 2.35. The highest BCUT2D eigenvalue weighted by molar-refractivity contribution is 5.36. The Balaban J connectivity index is 2.50. The van der Waals surface area contributed by atoms with Gasteiger partial charge in [-0.15, -0.1) is 0 Å². The molecular formula is C12H17N. The molecule has 1 aliphatic rings. The lowest BCUT2D eigenvalue weighted by molar-refractivity contribution is 0.391. The lowest BCUT2D eigenvalue weighted by atomic mass is 9.71. The van der Waals surface area contributed by atoms with E-state index in [2.05, 4.69) is 38.1 Å². The number of hydrogen-bond donors (Lipinski definition) is 1. The SMILES string of the molecule is CC1(C)CC(N)Cc2ccccc21. The molecule has 2 N–H and O–H groups in total. The molecule has 70 valence electrons. The first-order valence-corrected chi connectivity index (χ1v) is 4.93. The number of rotatable bonds is 0. The van der Waals surface area contributed by atoms with Crippen LogP contribution in [-0.4, -0.2) is 6.04 Å². The molecule has 2 rings (SSSR count). The highest BCUT2D eigenvalue weighted by atomic mass is 14.6. The lowest BCUT2D eigenvalue weighted by Gasteiger charge is -2.35. The molecule has 0 saturated heterocycles. The van der Waals surface area contributed by atoms with E-state index < -0.39 is 0 Å². The average molecular weight is 175 g/mol.